The van der Waals surface area contributed by atoms with Gasteiger partial charge in [-0.25, -0.2) is 0 Å². The Morgan fingerprint density at radius 3 is 2.44 bits per heavy atom. The van der Waals surface area contributed by atoms with Crippen molar-refractivity contribution < 1.29 is 9.90 Å². The smallest absolute Gasteiger partial charge is 0.178 e. The molecule has 0 saturated carbocycles. The zero-order valence-corrected chi connectivity index (χ0v) is 10.4. The first-order chi connectivity index (χ1) is 8.74. The third-order valence-corrected chi connectivity index (χ3v) is 3.13. The van der Waals surface area contributed by atoms with Crippen LogP contribution in [0.4, 0.5) is 0 Å². The number of hydrogen-bond donors (Lipinski definition) is 1. The van der Waals surface area contributed by atoms with Gasteiger partial charge in [-0.3, -0.25) is 4.79 Å². The van der Waals surface area contributed by atoms with Crippen LogP contribution in [0.15, 0.2) is 53.9 Å². The van der Waals surface area contributed by atoms with Crippen LogP contribution >= 0.6 is 11.3 Å². The molecule has 0 bridgehead atoms. The number of phenols is 1. The van der Waals surface area contributed by atoms with Gasteiger partial charge in [0.05, 0.1) is 0 Å². The molecule has 0 radical (unpaired) electrons. The van der Waals surface area contributed by atoms with Gasteiger partial charge in [0.1, 0.15) is 5.75 Å². The number of ketones is 1. The molecule has 1 heterocycles. The first-order valence-corrected chi connectivity index (χ1v) is 6.35. The van der Waals surface area contributed by atoms with Gasteiger partial charge in [-0.2, -0.15) is 0 Å². The molecule has 0 aliphatic heterocycles. The summed E-state index contributed by atoms with van der Waals surface area (Å²) in [5.41, 5.74) is 0.880. The number of rotatable bonds is 4. The van der Waals surface area contributed by atoms with Crippen molar-refractivity contribution in [3.63, 3.8) is 0 Å². The van der Waals surface area contributed by atoms with E-state index in [1.807, 2.05) is 17.5 Å². The maximum atomic E-state index is 11.6. The lowest BCUT2D eigenvalue weighted by atomic mass is 10.2. The van der Waals surface area contributed by atoms with Gasteiger partial charge in [-0.1, -0.05) is 24.3 Å². The summed E-state index contributed by atoms with van der Waals surface area (Å²) in [4.78, 5) is 12.6. The fraction of sp³-hybridized carbons (Fsp3) is 0. The van der Waals surface area contributed by atoms with Gasteiger partial charge < -0.3 is 5.11 Å². The highest BCUT2D eigenvalue weighted by Gasteiger charge is 1.92. The number of phenolic OH excluding ortho intramolecular Hbond substituents is 1. The number of benzene rings is 1. The maximum Gasteiger partial charge on any atom is 0.178 e. The Labute approximate surface area is 110 Å². The molecule has 0 aliphatic carbocycles. The van der Waals surface area contributed by atoms with Crippen molar-refractivity contribution in [3.8, 4) is 5.75 Å². The van der Waals surface area contributed by atoms with Crippen LogP contribution in [0, 0.1) is 0 Å². The summed E-state index contributed by atoms with van der Waals surface area (Å²) in [5, 5.41) is 11.1. The Bertz CT molecular complexity index is 563. The molecule has 0 unspecified atom stereocenters. The fourth-order valence-corrected chi connectivity index (χ4v) is 1.99. The summed E-state index contributed by atoms with van der Waals surface area (Å²) in [5.74, 6) is 0.160. The minimum atomic E-state index is -0.0588. The van der Waals surface area contributed by atoms with Gasteiger partial charge in [-0.15, -0.1) is 11.3 Å². The van der Waals surface area contributed by atoms with Crippen molar-refractivity contribution in [1.29, 1.82) is 0 Å². The molecular weight excluding hydrogens is 244 g/mol. The molecule has 2 rings (SSSR count). The van der Waals surface area contributed by atoms with Gasteiger partial charge in [-0.05, 0) is 47.4 Å². The van der Waals surface area contributed by atoms with E-state index in [2.05, 4.69) is 0 Å². The third kappa shape index (κ3) is 3.71. The number of aromatic hydroxyl groups is 1. The Balaban J connectivity index is 1.97. The van der Waals surface area contributed by atoms with Crippen molar-refractivity contribution in [2.24, 2.45) is 0 Å². The van der Waals surface area contributed by atoms with Crippen LogP contribution in [0.1, 0.15) is 10.4 Å². The molecular formula is C15H12O2S. The molecule has 0 spiro atoms. The van der Waals surface area contributed by atoms with E-state index in [0.29, 0.717) is 0 Å². The van der Waals surface area contributed by atoms with Gasteiger partial charge in [0, 0.05) is 4.88 Å². The summed E-state index contributed by atoms with van der Waals surface area (Å²) in [7, 11) is 0. The second-order valence-corrected chi connectivity index (χ2v) is 4.66. The lowest BCUT2D eigenvalue weighted by Crippen LogP contribution is -1.84. The summed E-state index contributed by atoms with van der Waals surface area (Å²) >= 11 is 1.59. The first-order valence-electron chi connectivity index (χ1n) is 5.47. The highest BCUT2D eigenvalue weighted by molar-refractivity contribution is 7.10. The highest BCUT2D eigenvalue weighted by atomic mass is 32.1. The minimum absolute atomic E-state index is 0.0588. The van der Waals surface area contributed by atoms with Crippen molar-refractivity contribution in [2.45, 2.75) is 0 Å². The maximum absolute atomic E-state index is 11.6. The standard InChI is InChI=1S/C15H12O2S/c16-13-6-3-12(4-7-13)5-8-14(17)9-10-15-2-1-11-18-15/h1-11,16H/b8-5+,10-9+. The van der Waals surface area contributed by atoms with Crippen molar-refractivity contribution in [1.82, 2.24) is 0 Å². The molecule has 1 aromatic heterocycles. The topological polar surface area (TPSA) is 37.3 Å². The largest absolute Gasteiger partial charge is 0.508 e. The van der Waals surface area contributed by atoms with Crippen LogP contribution in [0.3, 0.4) is 0 Å². The van der Waals surface area contributed by atoms with E-state index < -0.39 is 0 Å². The number of hydrogen-bond acceptors (Lipinski definition) is 3. The Morgan fingerprint density at radius 1 is 1.06 bits per heavy atom. The molecule has 0 amide bonds. The van der Waals surface area contributed by atoms with Gasteiger partial charge >= 0.3 is 0 Å². The third-order valence-electron chi connectivity index (χ3n) is 2.29. The number of thiophene rings is 1. The average molecular weight is 256 g/mol. The molecule has 0 saturated heterocycles. The molecule has 90 valence electrons. The van der Waals surface area contributed by atoms with Crippen LogP contribution < -0.4 is 0 Å². The normalized spacial score (nSPS) is 11.3. The second-order valence-electron chi connectivity index (χ2n) is 3.68. The monoisotopic (exact) mass is 256 g/mol. The summed E-state index contributed by atoms with van der Waals surface area (Å²) in [6.45, 7) is 0. The van der Waals surface area contributed by atoms with E-state index in [-0.39, 0.29) is 11.5 Å². The van der Waals surface area contributed by atoms with Crippen LogP contribution in [0.2, 0.25) is 0 Å². The summed E-state index contributed by atoms with van der Waals surface area (Å²) in [6, 6.07) is 10.6. The van der Waals surface area contributed by atoms with Gasteiger partial charge in [0.25, 0.3) is 0 Å². The lowest BCUT2D eigenvalue weighted by molar-refractivity contribution is -0.110. The molecule has 2 aromatic rings. The quantitative estimate of drug-likeness (QED) is 0.846. The number of allylic oxidation sites excluding steroid dienone is 2. The van der Waals surface area contributed by atoms with Crippen molar-refractivity contribution in [3.05, 3.63) is 64.4 Å². The van der Waals surface area contributed by atoms with Crippen molar-refractivity contribution >= 4 is 29.3 Å². The highest BCUT2D eigenvalue weighted by Crippen LogP contribution is 2.12. The Hall–Kier alpha value is -2.13. The molecule has 0 fully saturated rings. The van der Waals surface area contributed by atoms with E-state index in [0.717, 1.165) is 10.4 Å². The van der Waals surface area contributed by atoms with Crippen LogP contribution in [0.25, 0.3) is 12.2 Å². The predicted molar refractivity (Wildman–Crippen MR) is 75.5 cm³/mol. The average Bonchev–Trinajstić information content (AvgIpc) is 2.89. The molecule has 1 aromatic carbocycles. The van der Waals surface area contributed by atoms with E-state index in [1.165, 1.54) is 6.08 Å². The molecule has 2 nitrogen and oxygen atoms in total. The zero-order chi connectivity index (χ0) is 12.8. The summed E-state index contributed by atoms with van der Waals surface area (Å²) < 4.78 is 0. The Kier molecular flexibility index (Phi) is 4.10. The Morgan fingerprint density at radius 2 is 1.78 bits per heavy atom. The molecule has 3 heteroatoms. The van der Waals surface area contributed by atoms with E-state index >= 15 is 0 Å². The van der Waals surface area contributed by atoms with E-state index in [4.69, 9.17) is 5.11 Å². The van der Waals surface area contributed by atoms with Gasteiger partial charge in [0.15, 0.2) is 5.78 Å². The lowest BCUT2D eigenvalue weighted by Gasteiger charge is -1.92. The van der Waals surface area contributed by atoms with E-state index in [1.54, 1.807) is 53.8 Å². The fourth-order valence-electron chi connectivity index (χ4n) is 1.37. The molecule has 0 aliphatic rings. The van der Waals surface area contributed by atoms with E-state index in [9.17, 15) is 4.79 Å². The molecule has 18 heavy (non-hydrogen) atoms. The zero-order valence-electron chi connectivity index (χ0n) is 9.61. The van der Waals surface area contributed by atoms with Crippen LogP contribution in [0.5, 0.6) is 5.75 Å². The number of carbonyl (C=O) groups is 1. The van der Waals surface area contributed by atoms with Crippen LogP contribution in [-0.4, -0.2) is 10.9 Å². The molecule has 0 atom stereocenters. The minimum Gasteiger partial charge on any atom is -0.508 e. The van der Waals surface area contributed by atoms with Crippen LogP contribution in [-0.2, 0) is 4.79 Å². The molecule has 1 N–H and O–H groups in total. The van der Waals surface area contributed by atoms with Gasteiger partial charge in [0.2, 0.25) is 0 Å². The predicted octanol–water partition coefficient (Wildman–Crippen LogP) is 3.75. The number of carbonyl (C=O) groups excluding carboxylic acids is 1. The first kappa shape index (κ1) is 12.3. The van der Waals surface area contributed by atoms with Crippen molar-refractivity contribution in [2.75, 3.05) is 0 Å². The SMILES string of the molecule is O=C(/C=C/c1ccc(O)cc1)/C=C/c1cccs1. The summed E-state index contributed by atoms with van der Waals surface area (Å²) in [6.07, 6.45) is 6.58. The second kappa shape index (κ2) is 5.98.